The largest absolute Gasteiger partial charge is 2.00 e. The Labute approximate surface area is 217 Å². The summed E-state index contributed by atoms with van der Waals surface area (Å²) in [6.07, 6.45) is 6.41. The maximum Gasteiger partial charge on any atom is 2.00 e. The van der Waals surface area contributed by atoms with Crippen molar-refractivity contribution < 1.29 is 21.1 Å². The zero-order chi connectivity index (χ0) is 24.0. The van der Waals surface area contributed by atoms with Crippen molar-refractivity contribution in [1.29, 1.82) is 0 Å². The van der Waals surface area contributed by atoms with Gasteiger partial charge in [0, 0.05) is 16.8 Å². The summed E-state index contributed by atoms with van der Waals surface area (Å²) in [6.45, 7) is 17.1. The predicted molar refractivity (Wildman–Crippen MR) is 130 cm³/mol. The number of hydrogen-bond acceptors (Lipinski definition) is 4. The second kappa shape index (κ2) is 9.22. The quantitative estimate of drug-likeness (QED) is 0.283. The number of aromatic nitrogens is 6. The Morgan fingerprint density at radius 2 is 0.971 bits per heavy atom. The van der Waals surface area contributed by atoms with Crippen LogP contribution >= 0.6 is 0 Å². The van der Waals surface area contributed by atoms with Gasteiger partial charge in [-0.05, 0) is 48.2 Å². The van der Waals surface area contributed by atoms with Gasteiger partial charge in [0.2, 0.25) is 0 Å². The molecule has 0 bridgehead atoms. The number of nitrogens with zero attached hydrogens (tertiary/aromatic N) is 6. The van der Waals surface area contributed by atoms with Crippen LogP contribution in [0.25, 0.3) is 11.6 Å². The summed E-state index contributed by atoms with van der Waals surface area (Å²) in [7, 11) is 0. The molecule has 0 aliphatic rings. The van der Waals surface area contributed by atoms with E-state index in [1.807, 2.05) is 48.5 Å². The molecule has 0 aliphatic heterocycles. The van der Waals surface area contributed by atoms with Gasteiger partial charge in [-0.1, -0.05) is 78.2 Å². The summed E-state index contributed by atoms with van der Waals surface area (Å²) in [4.78, 5) is 9.85. The smallest absolute Gasteiger partial charge is 0.343 e. The van der Waals surface area contributed by atoms with Crippen LogP contribution in [0.15, 0.2) is 48.5 Å². The molecule has 4 heterocycles. The van der Waals surface area contributed by atoms with Crippen LogP contribution in [0.5, 0.6) is 0 Å². The summed E-state index contributed by atoms with van der Waals surface area (Å²) < 4.78 is 3.44. The normalized spacial score (nSPS) is 12.5. The maximum atomic E-state index is 4.92. The molecule has 6 nitrogen and oxygen atoms in total. The van der Waals surface area contributed by atoms with E-state index < -0.39 is 5.41 Å². The Hall–Kier alpha value is -2.59. The molecule has 0 unspecified atom stereocenters. The SMILES string of the molecule is CC(C)(C)c1c[c-]n(-c2cccc(C(C)(C)c3cccc(-n4[c-]cc(C(C)(C)C)n4)n3)n2)n1.[Pt+2]. The fourth-order valence-electron chi connectivity index (χ4n) is 3.45. The molecule has 0 spiro atoms. The number of pyridine rings is 2. The van der Waals surface area contributed by atoms with E-state index in [2.05, 4.69) is 67.8 Å². The molecule has 4 aromatic heterocycles. The molecule has 0 saturated carbocycles. The topological polar surface area (TPSA) is 61.4 Å². The summed E-state index contributed by atoms with van der Waals surface area (Å²) in [6, 6.07) is 15.8. The Morgan fingerprint density at radius 1 is 0.588 bits per heavy atom. The number of hydrogen-bond donors (Lipinski definition) is 0. The van der Waals surface area contributed by atoms with Gasteiger partial charge >= 0.3 is 21.1 Å². The molecule has 0 radical (unpaired) electrons. The molecule has 0 amide bonds. The first-order valence-corrected chi connectivity index (χ1v) is 11.3. The van der Waals surface area contributed by atoms with Crippen molar-refractivity contribution in [1.82, 2.24) is 29.5 Å². The second-order valence-corrected chi connectivity index (χ2v) is 11.0. The Balaban J connectivity index is 0.00000324. The van der Waals surface area contributed by atoms with E-state index in [-0.39, 0.29) is 31.9 Å². The van der Waals surface area contributed by atoms with Gasteiger partial charge < -0.3 is 9.36 Å². The van der Waals surface area contributed by atoms with E-state index in [0.29, 0.717) is 0 Å². The van der Waals surface area contributed by atoms with Crippen LogP contribution in [0.3, 0.4) is 0 Å². The van der Waals surface area contributed by atoms with E-state index in [0.717, 1.165) is 34.4 Å². The average Bonchev–Trinajstić information content (AvgIpc) is 3.44. The summed E-state index contributed by atoms with van der Waals surface area (Å²) in [5.74, 6) is 1.48. The zero-order valence-corrected chi connectivity index (χ0v) is 23.4. The fraction of sp³-hybridized carbons (Fsp3) is 0.407. The van der Waals surface area contributed by atoms with Crippen molar-refractivity contribution in [3.05, 3.63) is 83.7 Å². The van der Waals surface area contributed by atoms with Gasteiger partial charge in [-0.25, -0.2) is 0 Å². The van der Waals surface area contributed by atoms with Crippen molar-refractivity contribution >= 4 is 0 Å². The van der Waals surface area contributed by atoms with E-state index in [4.69, 9.17) is 20.2 Å². The van der Waals surface area contributed by atoms with Gasteiger partial charge in [0.05, 0.1) is 11.6 Å². The first-order valence-electron chi connectivity index (χ1n) is 11.3. The molecule has 4 aromatic rings. The third-order valence-electron chi connectivity index (χ3n) is 5.78. The summed E-state index contributed by atoms with van der Waals surface area (Å²) >= 11 is 0. The predicted octanol–water partition coefficient (Wildman–Crippen LogP) is 5.37. The van der Waals surface area contributed by atoms with Gasteiger partial charge in [-0.2, -0.15) is 0 Å². The second-order valence-electron chi connectivity index (χ2n) is 11.0. The maximum absolute atomic E-state index is 4.92. The molecular formula is C27H32N6Pt. The van der Waals surface area contributed by atoms with Crippen LogP contribution in [-0.2, 0) is 37.3 Å². The molecule has 0 saturated heterocycles. The van der Waals surface area contributed by atoms with Gasteiger partial charge in [0.1, 0.15) is 0 Å². The van der Waals surface area contributed by atoms with Gasteiger partial charge in [-0.15, -0.1) is 12.1 Å². The molecule has 4 rings (SSSR count). The van der Waals surface area contributed by atoms with Gasteiger partial charge in [-0.3, -0.25) is 20.2 Å². The monoisotopic (exact) mass is 635 g/mol. The van der Waals surface area contributed by atoms with Crippen molar-refractivity contribution in [2.24, 2.45) is 0 Å². The molecule has 0 aliphatic carbocycles. The summed E-state index contributed by atoms with van der Waals surface area (Å²) in [5.41, 5.74) is 3.27. The zero-order valence-electron chi connectivity index (χ0n) is 21.1. The Bertz CT molecular complexity index is 1170. The third kappa shape index (κ3) is 5.22. The molecule has 0 atom stereocenters. The minimum Gasteiger partial charge on any atom is -0.343 e. The van der Waals surface area contributed by atoms with Crippen LogP contribution in [0.4, 0.5) is 0 Å². The molecule has 34 heavy (non-hydrogen) atoms. The molecule has 7 heteroatoms. The molecule has 180 valence electrons. The summed E-state index contributed by atoms with van der Waals surface area (Å²) in [5, 5.41) is 9.38. The molecule has 0 aromatic carbocycles. The minimum absolute atomic E-state index is 0. The van der Waals surface area contributed by atoms with Crippen LogP contribution in [0, 0.1) is 12.4 Å². The fourth-order valence-corrected chi connectivity index (χ4v) is 3.45. The van der Waals surface area contributed by atoms with E-state index in [1.165, 1.54) is 0 Å². The van der Waals surface area contributed by atoms with Gasteiger partial charge in [0.15, 0.2) is 0 Å². The molecular weight excluding hydrogens is 603 g/mol. The van der Waals surface area contributed by atoms with Crippen molar-refractivity contribution in [2.75, 3.05) is 0 Å². The Kier molecular flexibility index (Phi) is 7.06. The minimum atomic E-state index is -0.425. The van der Waals surface area contributed by atoms with Crippen LogP contribution < -0.4 is 0 Å². The third-order valence-corrected chi connectivity index (χ3v) is 5.78. The average molecular weight is 636 g/mol. The van der Waals surface area contributed by atoms with Gasteiger partial charge in [0.25, 0.3) is 0 Å². The van der Waals surface area contributed by atoms with Crippen LogP contribution in [-0.4, -0.2) is 29.5 Å². The van der Waals surface area contributed by atoms with Crippen LogP contribution in [0.2, 0.25) is 0 Å². The van der Waals surface area contributed by atoms with Crippen molar-refractivity contribution in [2.45, 2.75) is 71.6 Å². The first-order chi connectivity index (χ1) is 15.4. The number of rotatable bonds is 4. The van der Waals surface area contributed by atoms with E-state index in [1.54, 1.807) is 9.36 Å². The Morgan fingerprint density at radius 3 is 1.29 bits per heavy atom. The standard InChI is InChI=1S/C27H32N6.Pt/c1-25(2,3)19-15-17-32(30-19)23-13-9-11-21(28-23)27(7,8)22-12-10-14-24(29-22)33-18-16-20(31-33)26(4,5)6;/h9-16H,1-8H3;/q-2;+2. The van der Waals surface area contributed by atoms with E-state index in [9.17, 15) is 0 Å². The van der Waals surface area contributed by atoms with Crippen molar-refractivity contribution in [3.63, 3.8) is 0 Å². The van der Waals surface area contributed by atoms with Crippen molar-refractivity contribution in [3.8, 4) is 11.6 Å². The molecule has 0 N–H and O–H groups in total. The molecule has 0 fully saturated rings. The first kappa shape index (κ1) is 26.0. The van der Waals surface area contributed by atoms with E-state index >= 15 is 0 Å². The van der Waals surface area contributed by atoms with Crippen LogP contribution in [0.1, 0.15) is 78.2 Å².